The fourth-order valence-corrected chi connectivity index (χ4v) is 1.68. The Hall–Kier alpha value is -0.410. The molecule has 0 heterocycles. The molecule has 0 fully saturated rings. The Bertz CT molecular complexity index is 341. The van der Waals surface area contributed by atoms with Crippen LogP contribution in [-0.2, 0) is 6.67 Å². The predicted octanol–water partition coefficient (Wildman–Crippen LogP) is 3.73. The molecule has 0 bridgehead atoms. The number of alkyl halides is 2. The molecule has 0 aliphatic heterocycles. The number of benzene rings is 1. The largest absolute Gasteiger partial charge is 0.294 e. The number of hydrogen-bond acceptors (Lipinski definition) is 1. The molecule has 1 aromatic carbocycles. The number of carbonyl (C=O) groups excluding carboxylic acids is 1. The molecule has 0 atom stereocenters. The quantitative estimate of drug-likeness (QED) is 0.606. The van der Waals surface area contributed by atoms with E-state index < -0.39 is 6.67 Å². The van der Waals surface area contributed by atoms with Gasteiger partial charge < -0.3 is 0 Å². The summed E-state index contributed by atoms with van der Waals surface area (Å²) in [6, 6.07) is 4.95. The summed E-state index contributed by atoms with van der Waals surface area (Å²) in [6.45, 7) is -0.628. The van der Waals surface area contributed by atoms with Crippen LogP contribution in [0.1, 0.15) is 22.3 Å². The van der Waals surface area contributed by atoms with Gasteiger partial charge in [0.15, 0.2) is 5.78 Å². The second kappa shape index (κ2) is 5.47. The van der Waals surface area contributed by atoms with Crippen LogP contribution in [0.3, 0.4) is 0 Å². The highest BCUT2D eigenvalue weighted by molar-refractivity contribution is 9.10. The van der Waals surface area contributed by atoms with E-state index in [1.54, 1.807) is 18.2 Å². The van der Waals surface area contributed by atoms with E-state index in [1.807, 2.05) is 0 Å². The number of Topliss-reactive ketones (excluding diaryl/α,β-unsaturated/α-hetero) is 1. The highest BCUT2D eigenvalue weighted by Gasteiger charge is 2.10. The van der Waals surface area contributed by atoms with Crippen LogP contribution in [0.15, 0.2) is 22.7 Å². The van der Waals surface area contributed by atoms with E-state index in [0.29, 0.717) is 11.1 Å². The predicted molar refractivity (Wildman–Crippen MR) is 58.6 cm³/mol. The van der Waals surface area contributed by atoms with Gasteiger partial charge in [0.25, 0.3) is 0 Å². The summed E-state index contributed by atoms with van der Waals surface area (Å²) >= 11 is 8.69. The summed E-state index contributed by atoms with van der Waals surface area (Å²) < 4.78 is 13.3. The normalized spacial score (nSPS) is 10.2. The molecule has 4 heteroatoms. The molecule has 0 spiro atoms. The minimum atomic E-state index is -0.628. The Balaban J connectivity index is 3.03. The van der Waals surface area contributed by atoms with Crippen molar-refractivity contribution < 1.29 is 9.18 Å². The van der Waals surface area contributed by atoms with Gasteiger partial charge in [-0.3, -0.25) is 4.79 Å². The first-order valence-corrected chi connectivity index (χ1v) is 5.45. The maximum Gasteiger partial charge on any atom is 0.164 e. The highest BCUT2D eigenvalue weighted by Crippen LogP contribution is 2.19. The van der Waals surface area contributed by atoms with Gasteiger partial charge in [-0.15, -0.1) is 11.6 Å². The lowest BCUT2D eigenvalue weighted by Crippen LogP contribution is -2.03. The van der Waals surface area contributed by atoms with E-state index in [9.17, 15) is 9.18 Å². The molecule has 0 amide bonds. The van der Waals surface area contributed by atoms with Crippen molar-refractivity contribution in [2.45, 2.75) is 13.1 Å². The molecule has 0 saturated carbocycles. The smallest absolute Gasteiger partial charge is 0.164 e. The maximum atomic E-state index is 12.5. The monoisotopic (exact) mass is 278 g/mol. The molecule has 1 rings (SSSR count). The third-order valence-corrected chi connectivity index (χ3v) is 2.52. The van der Waals surface area contributed by atoms with Crippen molar-refractivity contribution in [2.75, 3.05) is 5.88 Å². The number of hydrogen-bond donors (Lipinski definition) is 0. The van der Waals surface area contributed by atoms with Crippen molar-refractivity contribution in [3.8, 4) is 0 Å². The molecule has 14 heavy (non-hydrogen) atoms. The second-order valence-corrected chi connectivity index (χ2v) is 4.09. The van der Waals surface area contributed by atoms with Crippen LogP contribution in [0.4, 0.5) is 4.39 Å². The van der Waals surface area contributed by atoms with E-state index in [-0.39, 0.29) is 18.1 Å². The van der Waals surface area contributed by atoms with Gasteiger partial charge in [0.1, 0.15) is 6.67 Å². The molecule has 76 valence electrons. The van der Waals surface area contributed by atoms with Gasteiger partial charge >= 0.3 is 0 Å². The summed E-state index contributed by atoms with van der Waals surface area (Å²) in [5, 5.41) is 0. The lowest BCUT2D eigenvalue weighted by molar-refractivity contribution is 0.0987. The minimum Gasteiger partial charge on any atom is -0.294 e. The average molecular weight is 280 g/mol. The number of halogens is 3. The first-order chi connectivity index (χ1) is 6.69. The molecular formula is C10H9BrClFO. The van der Waals surface area contributed by atoms with E-state index >= 15 is 0 Å². The Labute approximate surface area is 95.4 Å². The van der Waals surface area contributed by atoms with Crippen LogP contribution < -0.4 is 0 Å². The van der Waals surface area contributed by atoms with Crippen molar-refractivity contribution in [1.82, 2.24) is 0 Å². The van der Waals surface area contributed by atoms with Crippen molar-refractivity contribution in [1.29, 1.82) is 0 Å². The van der Waals surface area contributed by atoms with Crippen LogP contribution >= 0.6 is 27.5 Å². The Morgan fingerprint density at radius 1 is 1.50 bits per heavy atom. The van der Waals surface area contributed by atoms with E-state index in [1.165, 1.54) is 0 Å². The Morgan fingerprint density at radius 2 is 2.21 bits per heavy atom. The van der Waals surface area contributed by atoms with Gasteiger partial charge in [-0.1, -0.05) is 22.0 Å². The number of carbonyl (C=O) groups is 1. The summed E-state index contributed by atoms with van der Waals surface area (Å²) in [4.78, 5) is 11.5. The first kappa shape index (κ1) is 11.7. The maximum absolute atomic E-state index is 12.5. The van der Waals surface area contributed by atoms with Gasteiger partial charge in [0, 0.05) is 22.3 Å². The third kappa shape index (κ3) is 2.79. The van der Waals surface area contributed by atoms with Crippen molar-refractivity contribution in [3.05, 3.63) is 33.8 Å². The highest BCUT2D eigenvalue weighted by atomic mass is 79.9. The molecule has 0 aliphatic carbocycles. The van der Waals surface area contributed by atoms with Crippen molar-refractivity contribution in [2.24, 2.45) is 0 Å². The lowest BCUT2D eigenvalue weighted by Gasteiger charge is -2.05. The SMILES string of the molecule is O=C(CCCl)c1cc(Br)ccc1CF. The molecule has 0 N–H and O–H groups in total. The minimum absolute atomic E-state index is 0.117. The third-order valence-electron chi connectivity index (χ3n) is 1.84. The average Bonchev–Trinajstić information content (AvgIpc) is 2.18. The zero-order chi connectivity index (χ0) is 10.6. The Kier molecular flexibility index (Phi) is 4.55. The van der Waals surface area contributed by atoms with Gasteiger partial charge in [0.2, 0.25) is 0 Å². The molecule has 0 saturated heterocycles. The fraction of sp³-hybridized carbons (Fsp3) is 0.300. The van der Waals surface area contributed by atoms with Gasteiger partial charge in [-0.2, -0.15) is 0 Å². The van der Waals surface area contributed by atoms with Crippen LogP contribution in [-0.4, -0.2) is 11.7 Å². The van der Waals surface area contributed by atoms with E-state index in [4.69, 9.17) is 11.6 Å². The molecule has 0 aromatic heterocycles. The van der Waals surface area contributed by atoms with E-state index in [2.05, 4.69) is 15.9 Å². The Morgan fingerprint density at radius 3 is 2.79 bits per heavy atom. The number of ketones is 1. The summed E-state index contributed by atoms with van der Waals surface area (Å²) in [5.41, 5.74) is 0.839. The molecule has 0 aliphatic rings. The topological polar surface area (TPSA) is 17.1 Å². The summed E-state index contributed by atoms with van der Waals surface area (Å²) in [7, 11) is 0. The lowest BCUT2D eigenvalue weighted by atomic mass is 10.0. The second-order valence-electron chi connectivity index (χ2n) is 2.80. The zero-order valence-corrected chi connectivity index (χ0v) is 9.74. The van der Waals surface area contributed by atoms with Crippen LogP contribution in [0, 0.1) is 0 Å². The molecule has 1 aromatic rings. The van der Waals surface area contributed by atoms with Crippen LogP contribution in [0.25, 0.3) is 0 Å². The molecule has 1 nitrogen and oxygen atoms in total. The van der Waals surface area contributed by atoms with E-state index in [0.717, 1.165) is 4.47 Å². The number of rotatable bonds is 4. The van der Waals surface area contributed by atoms with Gasteiger partial charge in [-0.05, 0) is 17.7 Å². The van der Waals surface area contributed by atoms with Crippen LogP contribution in [0.5, 0.6) is 0 Å². The summed E-state index contributed by atoms with van der Waals surface area (Å²) in [5.74, 6) is 0.144. The molecular weight excluding hydrogens is 270 g/mol. The zero-order valence-electron chi connectivity index (χ0n) is 7.40. The van der Waals surface area contributed by atoms with Crippen LogP contribution in [0.2, 0.25) is 0 Å². The van der Waals surface area contributed by atoms with Crippen molar-refractivity contribution >= 4 is 33.3 Å². The molecule has 0 radical (unpaired) electrons. The standard InChI is InChI=1S/C10H9BrClFO/c11-8-2-1-7(6-13)9(5-8)10(14)3-4-12/h1-2,5H,3-4,6H2. The fourth-order valence-electron chi connectivity index (χ4n) is 1.15. The molecule has 0 unspecified atom stereocenters. The first-order valence-electron chi connectivity index (χ1n) is 4.12. The summed E-state index contributed by atoms with van der Waals surface area (Å²) in [6.07, 6.45) is 0.241. The van der Waals surface area contributed by atoms with Crippen molar-refractivity contribution in [3.63, 3.8) is 0 Å². The van der Waals surface area contributed by atoms with Gasteiger partial charge in [0.05, 0.1) is 0 Å². The van der Waals surface area contributed by atoms with Gasteiger partial charge in [-0.25, -0.2) is 4.39 Å².